The Balaban J connectivity index is 1.16. The number of hydrogen-bond donors (Lipinski definition) is 0. The first-order valence-corrected chi connectivity index (χ1v) is 20.7. The van der Waals surface area contributed by atoms with Crippen molar-refractivity contribution in [3.63, 3.8) is 0 Å². The molecule has 1 nitrogen and oxygen atoms in total. The predicted molar refractivity (Wildman–Crippen MR) is 245 cm³/mol. The number of para-hydroxylation sites is 2. The van der Waals surface area contributed by atoms with E-state index in [-0.39, 0.29) is 10.8 Å². The van der Waals surface area contributed by atoms with Crippen LogP contribution in [0.3, 0.4) is 0 Å². The van der Waals surface area contributed by atoms with Crippen LogP contribution in [0, 0.1) is 0 Å². The highest BCUT2D eigenvalue weighted by Crippen LogP contribution is 2.55. The van der Waals surface area contributed by atoms with Crippen LogP contribution in [0.5, 0.6) is 0 Å². The van der Waals surface area contributed by atoms with Gasteiger partial charge in [0.1, 0.15) is 0 Å². The summed E-state index contributed by atoms with van der Waals surface area (Å²) in [6.45, 7) is 9.49. The highest BCUT2D eigenvalue weighted by atomic mass is 15.2. The quantitative estimate of drug-likeness (QED) is 0.163. The van der Waals surface area contributed by atoms with Gasteiger partial charge in [-0.2, -0.15) is 0 Å². The first kappa shape index (κ1) is 33.4. The maximum Gasteiger partial charge on any atom is 0.0619 e. The van der Waals surface area contributed by atoms with Gasteiger partial charge in [0.25, 0.3) is 0 Å². The third-order valence-electron chi connectivity index (χ3n) is 13.9. The molecule has 1 heteroatoms. The number of fused-ring (bicyclic) bond motifs is 10. The van der Waals surface area contributed by atoms with Crippen LogP contribution in [0.15, 0.2) is 176 Å². The van der Waals surface area contributed by atoms with Crippen molar-refractivity contribution in [2.24, 2.45) is 0 Å². The molecule has 58 heavy (non-hydrogen) atoms. The summed E-state index contributed by atoms with van der Waals surface area (Å²) in [5.74, 6) is 0. The van der Waals surface area contributed by atoms with E-state index < -0.39 is 0 Å². The van der Waals surface area contributed by atoms with Gasteiger partial charge < -0.3 is 4.90 Å². The lowest BCUT2D eigenvalue weighted by atomic mass is 9.81. The van der Waals surface area contributed by atoms with Crippen LogP contribution in [-0.2, 0) is 17.3 Å². The van der Waals surface area contributed by atoms with Gasteiger partial charge in [0.2, 0.25) is 0 Å². The van der Waals surface area contributed by atoms with Crippen molar-refractivity contribution in [2.75, 3.05) is 4.90 Å². The Morgan fingerprint density at radius 3 is 1.59 bits per heavy atom. The van der Waals surface area contributed by atoms with E-state index in [9.17, 15) is 0 Å². The smallest absolute Gasteiger partial charge is 0.0619 e. The maximum absolute atomic E-state index is 2.55. The van der Waals surface area contributed by atoms with Crippen molar-refractivity contribution in [3.05, 3.63) is 209 Å². The fourth-order valence-electron chi connectivity index (χ4n) is 11.0. The summed E-state index contributed by atoms with van der Waals surface area (Å²) in [6, 6.07) is 66.7. The molecule has 0 spiro atoms. The van der Waals surface area contributed by atoms with Gasteiger partial charge in [-0.15, -0.1) is 0 Å². The first-order valence-electron chi connectivity index (χ1n) is 20.7. The molecule has 1 aliphatic heterocycles. The molecular formula is C57H43N. The van der Waals surface area contributed by atoms with E-state index >= 15 is 0 Å². The van der Waals surface area contributed by atoms with Gasteiger partial charge in [-0.05, 0) is 119 Å². The number of benzene rings is 9. The Hall–Kier alpha value is -6.70. The predicted octanol–water partition coefficient (Wildman–Crippen LogP) is 15.3. The lowest BCUT2D eigenvalue weighted by Crippen LogP contribution is -2.19. The summed E-state index contributed by atoms with van der Waals surface area (Å²) in [4.78, 5) is 2.55. The zero-order chi connectivity index (χ0) is 38.9. The molecule has 2 aliphatic carbocycles. The van der Waals surface area contributed by atoms with Crippen LogP contribution in [-0.4, -0.2) is 0 Å². The summed E-state index contributed by atoms with van der Waals surface area (Å²) in [7, 11) is 0. The zero-order valence-corrected chi connectivity index (χ0v) is 33.4. The van der Waals surface area contributed by atoms with E-state index in [2.05, 4.69) is 209 Å². The summed E-state index contributed by atoms with van der Waals surface area (Å²) >= 11 is 0. The van der Waals surface area contributed by atoms with Crippen molar-refractivity contribution < 1.29 is 0 Å². The molecule has 3 aliphatic rings. The van der Waals surface area contributed by atoms with Crippen molar-refractivity contribution in [2.45, 2.75) is 44.9 Å². The number of hydrogen-bond acceptors (Lipinski definition) is 1. The van der Waals surface area contributed by atoms with Crippen LogP contribution in [0.25, 0.3) is 66.1 Å². The molecule has 12 rings (SSSR count). The van der Waals surface area contributed by atoms with Gasteiger partial charge in [-0.1, -0.05) is 173 Å². The summed E-state index contributed by atoms with van der Waals surface area (Å²) < 4.78 is 0. The molecule has 0 fully saturated rings. The van der Waals surface area contributed by atoms with E-state index in [1.54, 1.807) is 0 Å². The molecule has 1 heterocycles. The third-order valence-corrected chi connectivity index (χ3v) is 13.9. The number of rotatable bonds is 3. The van der Waals surface area contributed by atoms with Gasteiger partial charge in [-0.3, -0.25) is 0 Å². The number of anilines is 3. The van der Waals surface area contributed by atoms with Gasteiger partial charge >= 0.3 is 0 Å². The Kier molecular flexibility index (Phi) is 6.87. The SMILES string of the molecule is CC1(C)c2ccccc2-c2cc(-c3c4ccccc4c(N4c5ccccc5Cc5ccccc54)c4ccc(-c5ccc6c(c5)C(C)(C)c5ccccc5-6)cc34)ccc21. The van der Waals surface area contributed by atoms with Gasteiger partial charge in [0.05, 0.1) is 5.69 Å². The highest BCUT2D eigenvalue weighted by molar-refractivity contribution is 6.23. The summed E-state index contributed by atoms with van der Waals surface area (Å²) in [5, 5.41) is 5.03. The van der Waals surface area contributed by atoms with Crippen molar-refractivity contribution in [3.8, 4) is 44.5 Å². The molecule has 0 saturated carbocycles. The Morgan fingerprint density at radius 1 is 0.362 bits per heavy atom. The largest absolute Gasteiger partial charge is 0.309 e. The molecule has 0 amide bonds. The van der Waals surface area contributed by atoms with Gasteiger partial charge in [0.15, 0.2) is 0 Å². The van der Waals surface area contributed by atoms with Crippen LogP contribution in [0.1, 0.15) is 61.1 Å². The molecule has 0 radical (unpaired) electrons. The molecule has 0 aromatic heterocycles. The average molecular weight is 742 g/mol. The topological polar surface area (TPSA) is 3.24 Å². The molecule has 0 unspecified atom stereocenters. The van der Waals surface area contributed by atoms with E-state index in [0.717, 1.165) is 6.42 Å². The van der Waals surface area contributed by atoms with Crippen LogP contribution in [0.2, 0.25) is 0 Å². The molecular weight excluding hydrogens is 699 g/mol. The van der Waals surface area contributed by atoms with Crippen LogP contribution < -0.4 is 4.90 Å². The maximum atomic E-state index is 2.55. The average Bonchev–Trinajstić information content (AvgIpc) is 3.63. The van der Waals surface area contributed by atoms with E-state index in [1.807, 2.05) is 0 Å². The zero-order valence-electron chi connectivity index (χ0n) is 33.4. The van der Waals surface area contributed by atoms with Gasteiger partial charge in [0, 0.05) is 39.4 Å². The standard InChI is InChI=1S/C57H43N/c1-56(2)49-22-12-10-18-41(49)46-33-39(27-30-50(46)56)54-43-19-7-8-20-44(43)55(58-52-23-13-5-15-37(52)31-38-16-6-14-24-53(38)58)45-29-26-35(32-47(45)54)36-25-28-42-40-17-9-11-21-48(40)57(3,4)51(42)34-36/h5-30,32-34H,31H2,1-4H3. The Labute approximate surface area is 340 Å². The fourth-order valence-corrected chi connectivity index (χ4v) is 11.0. The molecule has 9 aromatic carbocycles. The highest BCUT2D eigenvalue weighted by Gasteiger charge is 2.37. The van der Waals surface area contributed by atoms with E-state index in [0.29, 0.717) is 0 Å². The van der Waals surface area contributed by atoms with E-state index in [4.69, 9.17) is 0 Å². The number of nitrogens with zero attached hydrogens (tertiary/aromatic N) is 1. The molecule has 276 valence electrons. The van der Waals surface area contributed by atoms with Gasteiger partial charge in [-0.25, -0.2) is 0 Å². The molecule has 9 aromatic rings. The minimum atomic E-state index is -0.0726. The molecule has 0 N–H and O–H groups in total. The second kappa shape index (κ2) is 11.9. The van der Waals surface area contributed by atoms with Crippen LogP contribution >= 0.6 is 0 Å². The lowest BCUT2D eigenvalue weighted by Gasteiger charge is -2.35. The van der Waals surface area contributed by atoms with E-state index in [1.165, 1.54) is 116 Å². The minimum absolute atomic E-state index is 0.0539. The third kappa shape index (κ3) is 4.53. The molecule has 0 atom stereocenters. The molecule has 0 bridgehead atoms. The van der Waals surface area contributed by atoms with Crippen LogP contribution in [0.4, 0.5) is 17.1 Å². The first-order chi connectivity index (χ1) is 28.3. The monoisotopic (exact) mass is 741 g/mol. The summed E-state index contributed by atoms with van der Waals surface area (Å²) in [6.07, 6.45) is 0.923. The normalized spacial score (nSPS) is 15.1. The van der Waals surface area contributed by atoms with Crippen molar-refractivity contribution >= 4 is 38.6 Å². The Morgan fingerprint density at radius 2 is 0.862 bits per heavy atom. The van der Waals surface area contributed by atoms with Crippen molar-refractivity contribution in [1.82, 2.24) is 0 Å². The lowest BCUT2D eigenvalue weighted by molar-refractivity contribution is 0.660. The fraction of sp³-hybridized carbons (Fsp3) is 0.123. The second-order valence-corrected chi connectivity index (χ2v) is 17.7. The Bertz CT molecular complexity index is 3170. The second-order valence-electron chi connectivity index (χ2n) is 17.7. The minimum Gasteiger partial charge on any atom is -0.309 e. The molecule has 0 saturated heterocycles. The summed E-state index contributed by atoms with van der Waals surface area (Å²) in [5.41, 5.74) is 22.3. The van der Waals surface area contributed by atoms with Crippen molar-refractivity contribution in [1.29, 1.82) is 0 Å².